The van der Waals surface area contributed by atoms with Gasteiger partial charge in [0, 0.05) is 0 Å². The molecule has 0 saturated heterocycles. The van der Waals surface area contributed by atoms with Crippen molar-refractivity contribution in [2.75, 3.05) is 6.61 Å². The van der Waals surface area contributed by atoms with Crippen molar-refractivity contribution in [3.8, 4) is 0 Å². The number of esters is 1. The first kappa shape index (κ1) is 17.4. The van der Waals surface area contributed by atoms with Gasteiger partial charge in [-0.25, -0.2) is 0 Å². The maximum Gasteiger partial charge on any atom is 0.316 e. The van der Waals surface area contributed by atoms with Gasteiger partial charge in [0.15, 0.2) is 0 Å². The number of Topliss-reactive ketones (excluding diaryl/α,β-unsaturated/α-hetero) is 1. The second-order valence-electron chi connectivity index (χ2n) is 5.35. The molecule has 0 radical (unpaired) electrons. The minimum absolute atomic E-state index is 0.0854. The zero-order chi connectivity index (χ0) is 15.5. The molecule has 0 spiro atoms. The van der Waals surface area contributed by atoms with Crippen LogP contribution in [0.5, 0.6) is 0 Å². The van der Waals surface area contributed by atoms with E-state index in [0.29, 0.717) is 13.0 Å². The predicted octanol–water partition coefficient (Wildman–Crippen LogP) is 3.95. The largest absolute Gasteiger partial charge is 0.465 e. The lowest BCUT2D eigenvalue weighted by Crippen LogP contribution is -2.24. The average molecular weight is 290 g/mol. The molecule has 0 aliphatic carbocycles. The van der Waals surface area contributed by atoms with Crippen molar-refractivity contribution in [2.24, 2.45) is 5.92 Å². The molecule has 0 saturated carbocycles. The van der Waals surface area contributed by atoms with E-state index in [-0.39, 0.29) is 11.8 Å². The summed E-state index contributed by atoms with van der Waals surface area (Å²) in [6.07, 6.45) is 5.93. The van der Waals surface area contributed by atoms with Crippen LogP contribution in [-0.2, 0) is 20.7 Å². The van der Waals surface area contributed by atoms with Gasteiger partial charge in [-0.15, -0.1) is 0 Å². The van der Waals surface area contributed by atoms with E-state index in [9.17, 15) is 9.59 Å². The van der Waals surface area contributed by atoms with Crippen LogP contribution in [0.4, 0.5) is 0 Å². The number of hydrogen-bond acceptors (Lipinski definition) is 3. The lowest BCUT2D eigenvalue weighted by atomic mass is 9.96. The van der Waals surface area contributed by atoms with E-state index in [4.69, 9.17) is 4.74 Å². The Morgan fingerprint density at radius 2 is 1.71 bits per heavy atom. The molecule has 0 amide bonds. The summed E-state index contributed by atoms with van der Waals surface area (Å²) in [6, 6.07) is 10.4. The third-order valence-electron chi connectivity index (χ3n) is 3.61. The molecule has 21 heavy (non-hydrogen) atoms. The fourth-order valence-electron chi connectivity index (χ4n) is 2.41. The quantitative estimate of drug-likeness (QED) is 0.372. The lowest BCUT2D eigenvalue weighted by Gasteiger charge is -2.12. The molecule has 1 aromatic rings. The standard InChI is InChI=1S/C18H26O3/c1-3-21-18(20)17(15(2)19)14-10-5-4-7-11-16-12-8-6-9-13-16/h6,8-9,12-13,17H,3-5,7,10-11,14H2,1-2H3. The molecule has 0 heterocycles. The Balaban J connectivity index is 2.17. The number of carbonyl (C=O) groups excluding carboxylic acids is 2. The first-order chi connectivity index (χ1) is 10.1. The summed E-state index contributed by atoms with van der Waals surface area (Å²) >= 11 is 0. The fraction of sp³-hybridized carbons (Fsp3) is 0.556. The van der Waals surface area contributed by atoms with Gasteiger partial charge in [0.1, 0.15) is 11.7 Å². The molecule has 0 aromatic heterocycles. The number of benzene rings is 1. The van der Waals surface area contributed by atoms with E-state index in [1.54, 1.807) is 6.92 Å². The highest BCUT2D eigenvalue weighted by molar-refractivity contribution is 5.97. The summed E-state index contributed by atoms with van der Waals surface area (Å²) in [4.78, 5) is 23.1. The zero-order valence-electron chi connectivity index (χ0n) is 13.1. The molecular weight excluding hydrogens is 264 g/mol. The van der Waals surface area contributed by atoms with Crippen molar-refractivity contribution in [1.29, 1.82) is 0 Å². The summed E-state index contributed by atoms with van der Waals surface area (Å²) in [5, 5.41) is 0. The van der Waals surface area contributed by atoms with E-state index < -0.39 is 5.92 Å². The van der Waals surface area contributed by atoms with Crippen LogP contribution in [0.2, 0.25) is 0 Å². The van der Waals surface area contributed by atoms with E-state index in [2.05, 4.69) is 24.3 Å². The molecule has 116 valence electrons. The van der Waals surface area contributed by atoms with Gasteiger partial charge in [0.25, 0.3) is 0 Å². The normalized spacial score (nSPS) is 11.9. The van der Waals surface area contributed by atoms with Crippen molar-refractivity contribution in [2.45, 2.75) is 52.4 Å². The van der Waals surface area contributed by atoms with Crippen LogP contribution in [0.3, 0.4) is 0 Å². The fourth-order valence-corrected chi connectivity index (χ4v) is 2.41. The summed E-state index contributed by atoms with van der Waals surface area (Å²) in [7, 11) is 0. The molecule has 0 bridgehead atoms. The highest BCUT2D eigenvalue weighted by Crippen LogP contribution is 2.15. The number of aryl methyl sites for hydroxylation is 1. The molecule has 3 nitrogen and oxygen atoms in total. The number of ether oxygens (including phenoxy) is 1. The first-order valence-electron chi connectivity index (χ1n) is 7.86. The van der Waals surface area contributed by atoms with E-state index >= 15 is 0 Å². The van der Waals surface area contributed by atoms with Crippen molar-refractivity contribution < 1.29 is 14.3 Å². The van der Waals surface area contributed by atoms with Crippen molar-refractivity contribution >= 4 is 11.8 Å². The first-order valence-corrected chi connectivity index (χ1v) is 7.86. The van der Waals surface area contributed by atoms with Crippen LogP contribution in [0.1, 0.15) is 51.5 Å². The zero-order valence-corrected chi connectivity index (χ0v) is 13.1. The predicted molar refractivity (Wildman–Crippen MR) is 84.0 cm³/mol. The molecule has 0 aliphatic rings. The average Bonchev–Trinajstić information content (AvgIpc) is 2.47. The summed E-state index contributed by atoms with van der Waals surface area (Å²) < 4.78 is 4.94. The Kier molecular flexibility index (Phi) is 8.41. The molecule has 1 aromatic carbocycles. The molecule has 0 fully saturated rings. The molecule has 0 N–H and O–H groups in total. The van der Waals surface area contributed by atoms with Crippen molar-refractivity contribution in [3.63, 3.8) is 0 Å². The number of unbranched alkanes of at least 4 members (excludes halogenated alkanes) is 3. The Hall–Kier alpha value is -1.64. The monoisotopic (exact) mass is 290 g/mol. The molecule has 0 aliphatic heterocycles. The third-order valence-corrected chi connectivity index (χ3v) is 3.61. The van der Waals surface area contributed by atoms with Gasteiger partial charge in [-0.2, -0.15) is 0 Å². The second-order valence-corrected chi connectivity index (χ2v) is 5.35. The maximum atomic E-state index is 11.6. The van der Waals surface area contributed by atoms with Crippen LogP contribution < -0.4 is 0 Å². The van der Waals surface area contributed by atoms with Gasteiger partial charge in [0.2, 0.25) is 0 Å². The summed E-state index contributed by atoms with van der Waals surface area (Å²) in [5.41, 5.74) is 1.37. The van der Waals surface area contributed by atoms with E-state index in [1.165, 1.54) is 12.5 Å². The Morgan fingerprint density at radius 1 is 1.05 bits per heavy atom. The minimum atomic E-state index is -0.570. The van der Waals surface area contributed by atoms with Gasteiger partial charge in [0.05, 0.1) is 6.61 Å². The van der Waals surface area contributed by atoms with Crippen molar-refractivity contribution in [1.82, 2.24) is 0 Å². The Bertz CT molecular complexity index is 425. The molecule has 3 heteroatoms. The Labute approximate surface area is 127 Å². The minimum Gasteiger partial charge on any atom is -0.465 e. The van der Waals surface area contributed by atoms with Gasteiger partial charge in [-0.1, -0.05) is 49.6 Å². The maximum absolute atomic E-state index is 11.6. The number of hydrogen-bond donors (Lipinski definition) is 0. The van der Waals surface area contributed by atoms with Crippen LogP contribution in [0.15, 0.2) is 30.3 Å². The van der Waals surface area contributed by atoms with Crippen LogP contribution in [0.25, 0.3) is 0 Å². The number of ketones is 1. The van der Waals surface area contributed by atoms with Gasteiger partial charge in [-0.3, -0.25) is 9.59 Å². The van der Waals surface area contributed by atoms with E-state index in [0.717, 1.165) is 32.1 Å². The summed E-state index contributed by atoms with van der Waals surface area (Å²) in [5.74, 6) is -1.02. The van der Waals surface area contributed by atoms with Gasteiger partial charge in [-0.05, 0) is 38.7 Å². The van der Waals surface area contributed by atoms with Gasteiger partial charge < -0.3 is 4.74 Å². The topological polar surface area (TPSA) is 43.4 Å². The molecule has 1 unspecified atom stereocenters. The molecule has 1 rings (SSSR count). The number of rotatable bonds is 10. The highest BCUT2D eigenvalue weighted by Gasteiger charge is 2.23. The molecule has 1 atom stereocenters. The SMILES string of the molecule is CCOC(=O)C(CCCCCCc1ccccc1)C(C)=O. The third kappa shape index (κ3) is 7.07. The highest BCUT2D eigenvalue weighted by atomic mass is 16.5. The summed E-state index contributed by atoms with van der Waals surface area (Å²) in [6.45, 7) is 3.56. The van der Waals surface area contributed by atoms with Crippen LogP contribution >= 0.6 is 0 Å². The van der Waals surface area contributed by atoms with Gasteiger partial charge >= 0.3 is 5.97 Å². The van der Waals surface area contributed by atoms with E-state index in [1.807, 2.05) is 6.07 Å². The second kappa shape index (κ2) is 10.1. The lowest BCUT2D eigenvalue weighted by molar-refractivity contribution is -0.151. The van der Waals surface area contributed by atoms with Crippen LogP contribution in [-0.4, -0.2) is 18.4 Å². The van der Waals surface area contributed by atoms with Crippen LogP contribution in [0, 0.1) is 5.92 Å². The number of carbonyl (C=O) groups is 2. The smallest absolute Gasteiger partial charge is 0.316 e. The van der Waals surface area contributed by atoms with Crippen molar-refractivity contribution in [3.05, 3.63) is 35.9 Å². The Morgan fingerprint density at radius 3 is 2.33 bits per heavy atom. The molecular formula is C18H26O3.